The van der Waals surface area contributed by atoms with Gasteiger partial charge in [-0.2, -0.15) is 5.10 Å². The highest BCUT2D eigenvalue weighted by molar-refractivity contribution is 5.83. The zero-order valence-electron chi connectivity index (χ0n) is 13.1. The third-order valence-corrected chi connectivity index (χ3v) is 2.71. The minimum absolute atomic E-state index is 0.225. The van der Waals surface area contributed by atoms with Crippen molar-refractivity contribution < 1.29 is 19.4 Å². The van der Waals surface area contributed by atoms with Crippen LogP contribution in [0.3, 0.4) is 0 Å². The molecule has 0 radical (unpaired) electrons. The maximum absolute atomic E-state index is 11.6. The second-order valence-corrected chi connectivity index (χ2v) is 5.87. The van der Waals surface area contributed by atoms with E-state index in [2.05, 4.69) is 20.5 Å². The second-order valence-electron chi connectivity index (χ2n) is 5.87. The number of nitrogens with one attached hydrogen (secondary N) is 2. The Hall–Kier alpha value is -2.90. The van der Waals surface area contributed by atoms with Gasteiger partial charge in [-0.15, -0.1) is 0 Å². The van der Waals surface area contributed by atoms with Crippen LogP contribution in [0.4, 0.5) is 4.79 Å². The van der Waals surface area contributed by atoms with E-state index >= 15 is 0 Å². The molecule has 1 amide bonds. The van der Waals surface area contributed by atoms with Crippen LogP contribution in [-0.4, -0.2) is 38.0 Å². The fourth-order valence-corrected chi connectivity index (χ4v) is 1.80. The van der Waals surface area contributed by atoms with Crippen molar-refractivity contribution in [1.29, 1.82) is 0 Å². The Kier molecular flexibility index (Phi) is 4.63. The molecule has 0 saturated carbocycles. The number of ether oxygens (including phenoxy) is 1. The maximum Gasteiger partial charge on any atom is 0.407 e. The molecule has 0 bridgehead atoms. The number of aromatic nitrogens is 3. The van der Waals surface area contributed by atoms with Gasteiger partial charge < -0.3 is 15.2 Å². The van der Waals surface area contributed by atoms with Gasteiger partial charge in [0.2, 0.25) is 5.82 Å². The van der Waals surface area contributed by atoms with Crippen LogP contribution in [0, 0.1) is 0 Å². The minimum Gasteiger partial charge on any atom is -0.475 e. The maximum atomic E-state index is 11.6. The molecule has 122 valence electrons. The molecule has 0 saturated heterocycles. The second kappa shape index (κ2) is 6.47. The van der Waals surface area contributed by atoms with Crippen molar-refractivity contribution in [2.75, 3.05) is 0 Å². The van der Waals surface area contributed by atoms with Crippen molar-refractivity contribution in [3.05, 3.63) is 35.7 Å². The van der Waals surface area contributed by atoms with Crippen molar-refractivity contribution in [3.63, 3.8) is 0 Å². The van der Waals surface area contributed by atoms with Crippen LogP contribution in [0.5, 0.6) is 0 Å². The zero-order chi connectivity index (χ0) is 17.0. The number of H-pyrrole nitrogens is 1. The van der Waals surface area contributed by atoms with Crippen LogP contribution in [-0.2, 0) is 11.3 Å². The lowest BCUT2D eigenvalue weighted by Gasteiger charge is -2.19. The number of rotatable bonds is 4. The highest BCUT2D eigenvalue weighted by Gasteiger charge is 2.16. The number of benzene rings is 1. The first kappa shape index (κ1) is 16.5. The van der Waals surface area contributed by atoms with Crippen molar-refractivity contribution in [1.82, 2.24) is 20.5 Å². The number of hydrogen-bond acceptors (Lipinski definition) is 5. The number of carbonyl (C=O) groups is 2. The fourth-order valence-electron chi connectivity index (χ4n) is 1.80. The summed E-state index contributed by atoms with van der Waals surface area (Å²) < 4.78 is 5.16. The number of alkyl carbamates (subject to hydrolysis) is 1. The number of nitrogens with zero attached hydrogens (tertiary/aromatic N) is 2. The summed E-state index contributed by atoms with van der Waals surface area (Å²) in [6.07, 6.45) is -0.506. The van der Waals surface area contributed by atoms with E-state index in [-0.39, 0.29) is 18.2 Å². The molecule has 0 spiro atoms. The van der Waals surface area contributed by atoms with E-state index in [0.29, 0.717) is 5.56 Å². The first-order valence-corrected chi connectivity index (χ1v) is 6.96. The molecule has 0 fully saturated rings. The summed E-state index contributed by atoms with van der Waals surface area (Å²) in [5.74, 6) is -1.12. The number of hydrogen-bond donors (Lipinski definition) is 3. The van der Waals surface area contributed by atoms with E-state index in [1.165, 1.54) is 0 Å². The quantitative estimate of drug-likeness (QED) is 0.795. The van der Waals surface area contributed by atoms with E-state index in [4.69, 9.17) is 9.84 Å². The van der Waals surface area contributed by atoms with E-state index in [1.807, 2.05) is 6.07 Å². The summed E-state index contributed by atoms with van der Waals surface area (Å²) in [4.78, 5) is 26.3. The Bertz CT molecular complexity index is 718. The molecule has 2 rings (SSSR count). The van der Waals surface area contributed by atoms with Gasteiger partial charge in [-0.3, -0.25) is 5.10 Å². The monoisotopic (exact) mass is 318 g/mol. The largest absolute Gasteiger partial charge is 0.475 e. The summed E-state index contributed by atoms with van der Waals surface area (Å²) in [6, 6.07) is 7.13. The molecule has 0 aliphatic heterocycles. The van der Waals surface area contributed by atoms with Crippen molar-refractivity contribution >= 4 is 12.1 Å². The number of aromatic carboxylic acids is 1. The molecule has 8 heteroatoms. The minimum atomic E-state index is -1.17. The van der Waals surface area contributed by atoms with Crippen molar-refractivity contribution in [3.8, 4) is 11.4 Å². The lowest BCUT2D eigenvalue weighted by Crippen LogP contribution is -2.32. The first-order chi connectivity index (χ1) is 10.7. The van der Waals surface area contributed by atoms with Crippen LogP contribution in [0.2, 0.25) is 0 Å². The molecule has 3 N–H and O–H groups in total. The Labute approximate surface area is 132 Å². The predicted molar refractivity (Wildman–Crippen MR) is 81.9 cm³/mol. The Morgan fingerprint density at radius 1 is 1.35 bits per heavy atom. The van der Waals surface area contributed by atoms with Crippen LogP contribution in [0.1, 0.15) is 37.0 Å². The zero-order valence-corrected chi connectivity index (χ0v) is 13.1. The number of carboxylic acid groups (broad SMARTS) is 1. The van der Waals surface area contributed by atoms with Gasteiger partial charge >= 0.3 is 12.1 Å². The highest BCUT2D eigenvalue weighted by Crippen LogP contribution is 2.16. The molecule has 0 atom stereocenters. The van der Waals surface area contributed by atoms with E-state index < -0.39 is 17.7 Å². The van der Waals surface area contributed by atoms with Gasteiger partial charge in [0.05, 0.1) is 0 Å². The molecular weight excluding hydrogens is 300 g/mol. The highest BCUT2D eigenvalue weighted by atomic mass is 16.6. The van der Waals surface area contributed by atoms with Gasteiger partial charge in [0.15, 0.2) is 5.82 Å². The first-order valence-electron chi connectivity index (χ1n) is 6.96. The normalized spacial score (nSPS) is 11.1. The van der Waals surface area contributed by atoms with Gasteiger partial charge in [-0.25, -0.2) is 14.6 Å². The Morgan fingerprint density at radius 2 is 2.09 bits per heavy atom. The lowest BCUT2D eigenvalue weighted by molar-refractivity contribution is 0.0523. The summed E-state index contributed by atoms with van der Waals surface area (Å²) in [5.41, 5.74) is 0.908. The average Bonchev–Trinajstić information content (AvgIpc) is 2.94. The third kappa shape index (κ3) is 4.80. The van der Waals surface area contributed by atoms with E-state index in [1.54, 1.807) is 39.0 Å². The SMILES string of the molecule is CC(C)(C)OC(=O)NCc1cccc(-c2n[nH]c(C(=O)O)n2)c1. The molecular formula is C15H18N4O4. The topological polar surface area (TPSA) is 117 Å². The molecule has 0 aliphatic rings. The summed E-state index contributed by atoms with van der Waals surface area (Å²) in [6.45, 7) is 5.64. The van der Waals surface area contributed by atoms with Crippen molar-refractivity contribution in [2.45, 2.75) is 32.9 Å². The van der Waals surface area contributed by atoms with Gasteiger partial charge in [0, 0.05) is 12.1 Å². The van der Waals surface area contributed by atoms with Gasteiger partial charge in [-0.1, -0.05) is 18.2 Å². The van der Waals surface area contributed by atoms with Gasteiger partial charge in [0.1, 0.15) is 5.60 Å². The van der Waals surface area contributed by atoms with Crippen LogP contribution in [0.25, 0.3) is 11.4 Å². The number of aromatic amines is 1. The third-order valence-electron chi connectivity index (χ3n) is 2.71. The number of carbonyl (C=O) groups excluding carboxylic acids is 1. The lowest BCUT2D eigenvalue weighted by atomic mass is 10.1. The molecule has 23 heavy (non-hydrogen) atoms. The fraction of sp³-hybridized carbons (Fsp3) is 0.333. The Balaban J connectivity index is 2.05. The Morgan fingerprint density at radius 3 is 2.70 bits per heavy atom. The standard InChI is InChI=1S/C15H18N4O4/c1-15(2,3)23-14(22)16-8-9-5-4-6-10(7-9)11-17-12(13(20)21)19-18-11/h4-7H,8H2,1-3H3,(H,16,22)(H,20,21)(H,17,18,19). The summed E-state index contributed by atoms with van der Waals surface area (Å²) >= 11 is 0. The summed E-state index contributed by atoms with van der Waals surface area (Å²) in [5, 5.41) is 17.7. The predicted octanol–water partition coefficient (Wildman–Crippen LogP) is 2.19. The molecule has 0 unspecified atom stereocenters. The average molecular weight is 318 g/mol. The van der Waals surface area contributed by atoms with Crippen LogP contribution >= 0.6 is 0 Å². The van der Waals surface area contributed by atoms with Crippen molar-refractivity contribution in [2.24, 2.45) is 0 Å². The smallest absolute Gasteiger partial charge is 0.407 e. The number of amides is 1. The molecule has 1 aromatic carbocycles. The van der Waals surface area contributed by atoms with Crippen LogP contribution < -0.4 is 5.32 Å². The molecule has 1 aromatic heterocycles. The van der Waals surface area contributed by atoms with E-state index in [0.717, 1.165) is 5.56 Å². The van der Waals surface area contributed by atoms with E-state index in [9.17, 15) is 9.59 Å². The molecule has 1 heterocycles. The van der Waals surface area contributed by atoms with Gasteiger partial charge in [0.25, 0.3) is 0 Å². The molecule has 0 aliphatic carbocycles. The summed E-state index contributed by atoms with van der Waals surface area (Å²) in [7, 11) is 0. The molecule has 2 aromatic rings. The number of carboxylic acids is 1. The van der Waals surface area contributed by atoms with Gasteiger partial charge in [-0.05, 0) is 32.4 Å². The molecule has 8 nitrogen and oxygen atoms in total. The van der Waals surface area contributed by atoms with Crippen LogP contribution in [0.15, 0.2) is 24.3 Å².